The monoisotopic (exact) mass is 266 g/mol. The van der Waals surface area contributed by atoms with Gasteiger partial charge in [-0.3, -0.25) is 0 Å². The van der Waals surface area contributed by atoms with Gasteiger partial charge in [-0.05, 0) is 54.1 Å². The quantitative estimate of drug-likeness (QED) is 0.862. The number of hydrogen-bond acceptors (Lipinski definition) is 4. The molecule has 100 valence electrons. The van der Waals surface area contributed by atoms with E-state index in [0.29, 0.717) is 11.4 Å². The minimum absolute atomic E-state index is 0.434. The molecule has 0 amide bonds. The number of nitrogens with two attached hydrogens (primary N) is 1. The lowest BCUT2D eigenvalue weighted by Gasteiger charge is -2.07. The Labute approximate surface area is 117 Å². The summed E-state index contributed by atoms with van der Waals surface area (Å²) in [7, 11) is 1.62. The summed E-state index contributed by atoms with van der Waals surface area (Å²) in [5.41, 5.74) is 6.94. The zero-order valence-corrected chi connectivity index (χ0v) is 11.0. The van der Waals surface area contributed by atoms with Crippen LogP contribution in [0.15, 0.2) is 54.6 Å². The van der Waals surface area contributed by atoms with Gasteiger partial charge in [0.2, 0.25) is 0 Å². The van der Waals surface area contributed by atoms with E-state index in [4.69, 9.17) is 20.5 Å². The van der Waals surface area contributed by atoms with Crippen LogP contribution in [0.1, 0.15) is 5.56 Å². The first-order chi connectivity index (χ1) is 9.72. The molecule has 0 heterocycles. The molecule has 0 atom stereocenters. The number of nitriles is 1. The van der Waals surface area contributed by atoms with Crippen LogP contribution in [0.5, 0.6) is 17.2 Å². The molecule has 20 heavy (non-hydrogen) atoms. The normalized spacial score (nSPS) is 10.7. The number of hydrogen-bond donors (Lipinski definition) is 1. The summed E-state index contributed by atoms with van der Waals surface area (Å²) in [4.78, 5) is 0. The van der Waals surface area contributed by atoms with Gasteiger partial charge in [-0.2, -0.15) is 5.26 Å². The SMILES string of the molecule is COc1ccc(Oc2ccc(C(N)=CC#N)cc2)cc1. The molecule has 0 fully saturated rings. The minimum atomic E-state index is 0.434. The molecule has 0 aromatic heterocycles. The van der Waals surface area contributed by atoms with Gasteiger partial charge < -0.3 is 15.2 Å². The van der Waals surface area contributed by atoms with E-state index in [-0.39, 0.29) is 0 Å². The van der Waals surface area contributed by atoms with E-state index in [0.717, 1.165) is 17.1 Å². The van der Waals surface area contributed by atoms with Crippen molar-refractivity contribution in [3.05, 3.63) is 60.2 Å². The van der Waals surface area contributed by atoms with Crippen LogP contribution in [0.25, 0.3) is 5.70 Å². The second-order valence-corrected chi connectivity index (χ2v) is 4.03. The van der Waals surface area contributed by atoms with Crippen molar-refractivity contribution in [3.63, 3.8) is 0 Å². The molecule has 0 bridgehead atoms. The minimum Gasteiger partial charge on any atom is -0.497 e. The molecular weight excluding hydrogens is 252 g/mol. The molecular formula is C16H14N2O2. The van der Waals surface area contributed by atoms with E-state index in [9.17, 15) is 0 Å². The predicted octanol–water partition coefficient (Wildman–Crippen LogP) is 3.31. The van der Waals surface area contributed by atoms with Crippen LogP contribution in [0.2, 0.25) is 0 Å². The molecule has 0 radical (unpaired) electrons. The fraction of sp³-hybridized carbons (Fsp3) is 0.0625. The molecule has 0 saturated carbocycles. The Kier molecular flexibility index (Phi) is 4.25. The van der Waals surface area contributed by atoms with Crippen molar-refractivity contribution in [3.8, 4) is 23.3 Å². The molecule has 0 saturated heterocycles. The van der Waals surface area contributed by atoms with Crippen LogP contribution in [0, 0.1) is 11.3 Å². The molecule has 2 aromatic rings. The molecule has 2 rings (SSSR count). The highest BCUT2D eigenvalue weighted by Gasteiger charge is 2.00. The van der Waals surface area contributed by atoms with Crippen LogP contribution in [-0.2, 0) is 0 Å². The smallest absolute Gasteiger partial charge is 0.127 e. The van der Waals surface area contributed by atoms with Gasteiger partial charge in [-0.1, -0.05) is 0 Å². The predicted molar refractivity (Wildman–Crippen MR) is 77.3 cm³/mol. The van der Waals surface area contributed by atoms with Crippen LogP contribution < -0.4 is 15.2 Å². The second-order valence-electron chi connectivity index (χ2n) is 4.03. The standard InChI is InChI=1S/C16H14N2O2/c1-19-13-6-8-15(9-7-13)20-14-4-2-12(3-5-14)16(18)10-11-17/h2-10H,18H2,1H3. The number of methoxy groups -OCH3 is 1. The maximum absolute atomic E-state index is 8.55. The maximum atomic E-state index is 8.55. The Morgan fingerprint density at radius 3 is 2.00 bits per heavy atom. The average molecular weight is 266 g/mol. The van der Waals surface area contributed by atoms with E-state index in [1.807, 2.05) is 42.5 Å². The topological polar surface area (TPSA) is 68.3 Å². The summed E-state index contributed by atoms with van der Waals surface area (Å²) in [6.07, 6.45) is 1.30. The molecule has 2 aromatic carbocycles. The van der Waals surface area contributed by atoms with E-state index in [1.54, 1.807) is 19.2 Å². The van der Waals surface area contributed by atoms with Crippen molar-refractivity contribution in [2.75, 3.05) is 7.11 Å². The number of benzene rings is 2. The number of rotatable bonds is 4. The second kappa shape index (κ2) is 6.30. The summed E-state index contributed by atoms with van der Waals surface area (Å²) in [5.74, 6) is 2.20. The van der Waals surface area contributed by atoms with Gasteiger partial charge in [-0.15, -0.1) is 0 Å². The van der Waals surface area contributed by atoms with Crippen molar-refractivity contribution >= 4 is 5.70 Å². The van der Waals surface area contributed by atoms with Crippen molar-refractivity contribution in [2.45, 2.75) is 0 Å². The number of nitrogens with zero attached hydrogens (tertiary/aromatic N) is 1. The zero-order valence-electron chi connectivity index (χ0n) is 11.0. The molecule has 0 aliphatic rings. The molecule has 0 aliphatic heterocycles. The van der Waals surface area contributed by atoms with Crippen LogP contribution in [0.4, 0.5) is 0 Å². The molecule has 0 aliphatic carbocycles. The van der Waals surface area contributed by atoms with Crippen molar-refractivity contribution < 1.29 is 9.47 Å². The first-order valence-electron chi connectivity index (χ1n) is 6.00. The van der Waals surface area contributed by atoms with Gasteiger partial charge >= 0.3 is 0 Å². The Balaban J connectivity index is 2.10. The van der Waals surface area contributed by atoms with Gasteiger partial charge in [0.15, 0.2) is 0 Å². The van der Waals surface area contributed by atoms with E-state index >= 15 is 0 Å². The van der Waals surface area contributed by atoms with Crippen LogP contribution in [-0.4, -0.2) is 7.11 Å². The average Bonchev–Trinajstić information content (AvgIpc) is 2.49. The van der Waals surface area contributed by atoms with Crippen LogP contribution in [0.3, 0.4) is 0 Å². The lowest BCUT2D eigenvalue weighted by atomic mass is 10.1. The highest BCUT2D eigenvalue weighted by Crippen LogP contribution is 2.24. The van der Waals surface area contributed by atoms with Gasteiger partial charge in [0.25, 0.3) is 0 Å². The largest absolute Gasteiger partial charge is 0.497 e. The highest BCUT2D eigenvalue weighted by molar-refractivity contribution is 5.65. The first kappa shape index (κ1) is 13.5. The van der Waals surface area contributed by atoms with Gasteiger partial charge in [-0.25, -0.2) is 0 Å². The van der Waals surface area contributed by atoms with Crippen molar-refractivity contribution in [1.82, 2.24) is 0 Å². The Morgan fingerprint density at radius 2 is 1.50 bits per heavy atom. The molecule has 4 heteroatoms. The fourth-order valence-corrected chi connectivity index (χ4v) is 1.65. The third kappa shape index (κ3) is 3.30. The molecule has 0 unspecified atom stereocenters. The van der Waals surface area contributed by atoms with Gasteiger partial charge in [0.05, 0.1) is 13.2 Å². The summed E-state index contributed by atoms with van der Waals surface area (Å²) >= 11 is 0. The molecule has 2 N–H and O–H groups in total. The summed E-state index contributed by atoms with van der Waals surface area (Å²) in [6, 6.07) is 16.4. The van der Waals surface area contributed by atoms with Crippen LogP contribution >= 0.6 is 0 Å². The molecule has 4 nitrogen and oxygen atoms in total. The lowest BCUT2D eigenvalue weighted by molar-refractivity contribution is 0.413. The van der Waals surface area contributed by atoms with Gasteiger partial charge in [0, 0.05) is 11.8 Å². The maximum Gasteiger partial charge on any atom is 0.127 e. The zero-order chi connectivity index (χ0) is 14.4. The van der Waals surface area contributed by atoms with E-state index < -0.39 is 0 Å². The number of allylic oxidation sites excluding steroid dienone is 1. The Hall–Kier alpha value is -2.93. The highest BCUT2D eigenvalue weighted by atomic mass is 16.5. The van der Waals surface area contributed by atoms with E-state index in [2.05, 4.69) is 0 Å². The fourth-order valence-electron chi connectivity index (χ4n) is 1.65. The lowest BCUT2D eigenvalue weighted by Crippen LogP contribution is -1.95. The van der Waals surface area contributed by atoms with E-state index in [1.165, 1.54) is 6.08 Å². The van der Waals surface area contributed by atoms with Gasteiger partial charge in [0.1, 0.15) is 17.2 Å². The number of ether oxygens (including phenoxy) is 2. The van der Waals surface area contributed by atoms with Crippen molar-refractivity contribution in [2.24, 2.45) is 5.73 Å². The van der Waals surface area contributed by atoms with Crippen molar-refractivity contribution in [1.29, 1.82) is 5.26 Å². The third-order valence-corrected chi connectivity index (χ3v) is 2.70. The first-order valence-corrected chi connectivity index (χ1v) is 6.00. The molecule has 0 spiro atoms. The summed E-state index contributed by atoms with van der Waals surface area (Å²) in [6.45, 7) is 0. The third-order valence-electron chi connectivity index (χ3n) is 2.70. The Bertz CT molecular complexity index is 638. The summed E-state index contributed by atoms with van der Waals surface area (Å²) in [5, 5.41) is 8.55. The Morgan fingerprint density at radius 1 is 1.00 bits per heavy atom. The summed E-state index contributed by atoms with van der Waals surface area (Å²) < 4.78 is 10.8.